The molecular weight excluding hydrogens is 342 g/mol. The van der Waals surface area contributed by atoms with E-state index in [1.54, 1.807) is 12.1 Å². The van der Waals surface area contributed by atoms with Gasteiger partial charge in [0, 0.05) is 49.3 Å². The van der Waals surface area contributed by atoms with Crippen LogP contribution in [-0.2, 0) is 9.59 Å². The summed E-state index contributed by atoms with van der Waals surface area (Å²) < 4.78 is 0. The number of piperidine rings is 1. The van der Waals surface area contributed by atoms with Crippen LogP contribution in [0.2, 0.25) is 0 Å². The molecule has 144 valence electrons. The van der Waals surface area contributed by atoms with Gasteiger partial charge < -0.3 is 15.1 Å². The number of benzene rings is 1. The minimum absolute atomic E-state index is 0.0145. The molecule has 1 N–H and O–H groups in total. The van der Waals surface area contributed by atoms with Gasteiger partial charge in [0.15, 0.2) is 0 Å². The van der Waals surface area contributed by atoms with Crippen molar-refractivity contribution in [3.05, 3.63) is 29.8 Å². The summed E-state index contributed by atoms with van der Waals surface area (Å²) in [5.41, 5.74) is 1.29. The second kappa shape index (κ2) is 7.71. The zero-order chi connectivity index (χ0) is 18.8. The molecule has 0 spiro atoms. The number of rotatable bonds is 4. The lowest BCUT2D eigenvalue weighted by Crippen LogP contribution is -2.42. The monoisotopic (exact) mass is 369 g/mol. The van der Waals surface area contributed by atoms with Crippen molar-refractivity contribution in [3.63, 3.8) is 0 Å². The first kappa shape index (κ1) is 18.0. The number of anilines is 1. The van der Waals surface area contributed by atoms with Crippen LogP contribution in [0, 0.1) is 11.8 Å². The summed E-state index contributed by atoms with van der Waals surface area (Å²) in [6.45, 7) is 2.96. The maximum Gasteiger partial charge on any atom is 0.253 e. The third-order valence-corrected chi connectivity index (χ3v) is 5.87. The summed E-state index contributed by atoms with van der Waals surface area (Å²) in [5.74, 6) is 0.453. The lowest BCUT2D eigenvalue weighted by atomic mass is 9.95. The van der Waals surface area contributed by atoms with E-state index in [9.17, 15) is 14.4 Å². The summed E-state index contributed by atoms with van der Waals surface area (Å²) in [4.78, 5) is 41.0. The summed E-state index contributed by atoms with van der Waals surface area (Å²) in [6.07, 6.45) is 5.57. The van der Waals surface area contributed by atoms with Gasteiger partial charge in [-0.25, -0.2) is 0 Å². The molecule has 3 fully saturated rings. The predicted molar refractivity (Wildman–Crippen MR) is 102 cm³/mol. The van der Waals surface area contributed by atoms with E-state index in [1.165, 1.54) is 0 Å². The molecule has 1 aromatic carbocycles. The highest BCUT2D eigenvalue weighted by Crippen LogP contribution is 2.32. The molecule has 6 heteroatoms. The van der Waals surface area contributed by atoms with Crippen LogP contribution < -0.4 is 5.32 Å². The summed E-state index contributed by atoms with van der Waals surface area (Å²) in [6, 6.07) is 7.21. The third kappa shape index (κ3) is 4.15. The molecule has 6 nitrogen and oxygen atoms in total. The molecule has 1 aliphatic carbocycles. The highest BCUT2D eigenvalue weighted by atomic mass is 16.2. The van der Waals surface area contributed by atoms with Crippen molar-refractivity contribution in [2.75, 3.05) is 31.5 Å². The minimum Gasteiger partial charge on any atom is -0.342 e. The van der Waals surface area contributed by atoms with Crippen LogP contribution >= 0.6 is 0 Å². The number of nitrogens with zero attached hydrogens (tertiary/aromatic N) is 2. The van der Waals surface area contributed by atoms with E-state index < -0.39 is 0 Å². The maximum absolute atomic E-state index is 12.6. The van der Waals surface area contributed by atoms with Gasteiger partial charge in [-0.3, -0.25) is 14.4 Å². The van der Waals surface area contributed by atoms with Crippen molar-refractivity contribution in [1.29, 1.82) is 0 Å². The van der Waals surface area contributed by atoms with Crippen LogP contribution in [0.4, 0.5) is 5.69 Å². The van der Waals surface area contributed by atoms with Gasteiger partial charge in [0.2, 0.25) is 11.8 Å². The first-order valence-electron chi connectivity index (χ1n) is 10.1. The van der Waals surface area contributed by atoms with Crippen molar-refractivity contribution in [1.82, 2.24) is 9.80 Å². The fraction of sp³-hybridized carbons (Fsp3) is 0.571. The Bertz CT molecular complexity index is 730. The number of amides is 3. The number of hydrogen-bond acceptors (Lipinski definition) is 3. The van der Waals surface area contributed by atoms with Gasteiger partial charge >= 0.3 is 0 Å². The topological polar surface area (TPSA) is 69.7 Å². The minimum atomic E-state index is -0.0776. The molecule has 0 aromatic heterocycles. The van der Waals surface area contributed by atoms with Crippen LogP contribution in [0.25, 0.3) is 0 Å². The molecule has 0 unspecified atom stereocenters. The summed E-state index contributed by atoms with van der Waals surface area (Å²) >= 11 is 0. The van der Waals surface area contributed by atoms with E-state index >= 15 is 0 Å². The van der Waals surface area contributed by atoms with Gasteiger partial charge in [-0.15, -0.1) is 0 Å². The maximum atomic E-state index is 12.6. The van der Waals surface area contributed by atoms with Crippen molar-refractivity contribution in [2.45, 2.75) is 38.5 Å². The Morgan fingerprint density at radius 2 is 1.56 bits per heavy atom. The van der Waals surface area contributed by atoms with E-state index in [2.05, 4.69) is 5.32 Å². The molecule has 0 radical (unpaired) electrons. The zero-order valence-corrected chi connectivity index (χ0v) is 15.7. The van der Waals surface area contributed by atoms with Gasteiger partial charge in [0.1, 0.15) is 0 Å². The van der Waals surface area contributed by atoms with Crippen LogP contribution in [0.3, 0.4) is 0 Å². The molecule has 3 aliphatic rings. The number of likely N-dealkylation sites (tertiary alicyclic amines) is 2. The Kier molecular flexibility index (Phi) is 5.14. The van der Waals surface area contributed by atoms with Crippen molar-refractivity contribution in [3.8, 4) is 0 Å². The lowest BCUT2D eigenvalue weighted by Gasteiger charge is -2.31. The van der Waals surface area contributed by atoms with Crippen LogP contribution in [0.1, 0.15) is 48.9 Å². The molecule has 2 aliphatic heterocycles. The van der Waals surface area contributed by atoms with E-state index in [0.717, 1.165) is 38.8 Å². The molecule has 27 heavy (non-hydrogen) atoms. The van der Waals surface area contributed by atoms with Crippen molar-refractivity contribution >= 4 is 23.4 Å². The number of carbonyl (C=O) groups excluding carboxylic acids is 3. The second-order valence-electron chi connectivity index (χ2n) is 7.94. The molecular formula is C21H27N3O3. The number of carbonyl (C=O) groups is 3. The predicted octanol–water partition coefficient (Wildman–Crippen LogP) is 2.51. The Morgan fingerprint density at radius 1 is 0.852 bits per heavy atom. The van der Waals surface area contributed by atoms with Gasteiger partial charge in [-0.2, -0.15) is 0 Å². The second-order valence-corrected chi connectivity index (χ2v) is 7.94. The fourth-order valence-electron chi connectivity index (χ4n) is 4.03. The average Bonchev–Trinajstić information content (AvgIpc) is 3.41. The first-order valence-corrected chi connectivity index (χ1v) is 10.1. The van der Waals surface area contributed by atoms with E-state index in [-0.39, 0.29) is 29.6 Å². The molecule has 3 amide bonds. The average molecular weight is 369 g/mol. The lowest BCUT2D eigenvalue weighted by molar-refractivity contribution is -0.135. The first-order chi connectivity index (χ1) is 13.1. The Hall–Kier alpha value is -2.37. The SMILES string of the molecule is O=C(Nc1cccc(C(=O)N2CCCC2)c1)C1CCN(C(=O)C2CC2)CC1. The third-order valence-electron chi connectivity index (χ3n) is 5.87. The van der Waals surface area contributed by atoms with Crippen LogP contribution in [0.15, 0.2) is 24.3 Å². The van der Waals surface area contributed by atoms with Gasteiger partial charge in [-0.05, 0) is 56.7 Å². The fourth-order valence-corrected chi connectivity index (χ4v) is 4.03. The van der Waals surface area contributed by atoms with E-state index in [0.29, 0.717) is 37.2 Å². The zero-order valence-electron chi connectivity index (χ0n) is 15.7. The van der Waals surface area contributed by atoms with Crippen LogP contribution in [0.5, 0.6) is 0 Å². The number of nitrogens with one attached hydrogen (secondary N) is 1. The van der Waals surface area contributed by atoms with Crippen molar-refractivity contribution in [2.24, 2.45) is 11.8 Å². The highest BCUT2D eigenvalue weighted by molar-refractivity contribution is 5.97. The van der Waals surface area contributed by atoms with Gasteiger partial charge in [-0.1, -0.05) is 6.07 Å². The normalized spacial score (nSPS) is 20.6. The largest absolute Gasteiger partial charge is 0.342 e. The smallest absolute Gasteiger partial charge is 0.253 e. The Balaban J connectivity index is 1.32. The molecule has 1 saturated carbocycles. The highest BCUT2D eigenvalue weighted by Gasteiger charge is 2.36. The molecule has 1 aromatic rings. The molecule has 4 rings (SSSR count). The van der Waals surface area contributed by atoms with Gasteiger partial charge in [0.25, 0.3) is 5.91 Å². The molecule has 0 bridgehead atoms. The summed E-state index contributed by atoms with van der Waals surface area (Å²) in [5, 5.41) is 2.96. The van der Waals surface area contributed by atoms with Crippen molar-refractivity contribution < 1.29 is 14.4 Å². The molecule has 0 atom stereocenters. The molecule has 2 saturated heterocycles. The van der Waals surface area contributed by atoms with E-state index in [1.807, 2.05) is 21.9 Å². The van der Waals surface area contributed by atoms with Crippen LogP contribution in [-0.4, -0.2) is 53.7 Å². The van der Waals surface area contributed by atoms with Gasteiger partial charge in [0.05, 0.1) is 0 Å². The standard InChI is InChI=1S/C21H27N3O3/c25-19(15-8-12-24(13-9-15)20(26)16-6-7-16)22-18-5-3-4-17(14-18)21(27)23-10-1-2-11-23/h3-5,14-16H,1-2,6-13H2,(H,22,25). The number of hydrogen-bond donors (Lipinski definition) is 1. The molecule has 2 heterocycles. The van der Waals surface area contributed by atoms with E-state index in [4.69, 9.17) is 0 Å². The Labute approximate surface area is 159 Å². The Morgan fingerprint density at radius 3 is 2.22 bits per heavy atom. The quantitative estimate of drug-likeness (QED) is 0.887. The summed E-state index contributed by atoms with van der Waals surface area (Å²) in [7, 11) is 0.